The maximum Gasteiger partial charge on any atom is 0.162 e. The number of hydrogen-bond acceptors (Lipinski definition) is 4. The molecular weight excluding hydrogens is 262 g/mol. The number of fused-ring (bicyclic) bond motifs is 1. The van der Waals surface area contributed by atoms with Crippen LogP contribution in [0.15, 0.2) is 24.3 Å². The van der Waals surface area contributed by atoms with Crippen LogP contribution in [0.4, 0.5) is 0 Å². The van der Waals surface area contributed by atoms with Gasteiger partial charge in [0.15, 0.2) is 9.84 Å². The molecule has 106 valence electrons. The van der Waals surface area contributed by atoms with Crippen LogP contribution in [0, 0.1) is 0 Å². The lowest BCUT2D eigenvalue weighted by molar-refractivity contribution is 0.0507. The molecule has 0 saturated carbocycles. The molecule has 1 N–H and O–H groups in total. The Hall–Kier alpha value is -1.07. The van der Waals surface area contributed by atoms with Crippen molar-refractivity contribution >= 4 is 9.84 Å². The van der Waals surface area contributed by atoms with Gasteiger partial charge in [-0.15, -0.1) is 0 Å². The Morgan fingerprint density at radius 1 is 1.37 bits per heavy atom. The van der Waals surface area contributed by atoms with E-state index in [1.807, 2.05) is 38.1 Å². The Morgan fingerprint density at radius 2 is 2.05 bits per heavy atom. The molecule has 0 spiro atoms. The lowest BCUT2D eigenvalue weighted by Crippen LogP contribution is -2.55. The number of sulfone groups is 1. The van der Waals surface area contributed by atoms with Crippen molar-refractivity contribution in [3.05, 3.63) is 29.8 Å². The maximum atomic E-state index is 11.6. The molecule has 0 amide bonds. The van der Waals surface area contributed by atoms with E-state index in [2.05, 4.69) is 5.32 Å². The average Bonchev–Trinajstić information content (AvgIpc) is 2.35. The minimum absolute atomic E-state index is 0.00310. The molecule has 1 aliphatic heterocycles. The molecule has 4 nitrogen and oxygen atoms in total. The zero-order chi connectivity index (χ0) is 14.1. The van der Waals surface area contributed by atoms with Crippen LogP contribution in [0.25, 0.3) is 0 Å². The summed E-state index contributed by atoms with van der Waals surface area (Å²) < 4.78 is 29.2. The number of ether oxygens (including phenoxy) is 1. The second-order valence-corrected chi connectivity index (χ2v) is 7.80. The van der Waals surface area contributed by atoms with E-state index >= 15 is 0 Å². The highest BCUT2D eigenvalue weighted by molar-refractivity contribution is 7.91. The minimum Gasteiger partial charge on any atom is -0.486 e. The van der Waals surface area contributed by atoms with E-state index in [4.69, 9.17) is 4.74 Å². The number of hydrogen-bond donors (Lipinski definition) is 1. The Kier molecular flexibility index (Phi) is 3.87. The molecule has 1 heterocycles. The average molecular weight is 283 g/mol. The summed E-state index contributed by atoms with van der Waals surface area (Å²) in [7, 11) is -3.01. The monoisotopic (exact) mass is 283 g/mol. The van der Waals surface area contributed by atoms with Gasteiger partial charge < -0.3 is 4.74 Å². The van der Waals surface area contributed by atoms with Crippen LogP contribution in [0.5, 0.6) is 5.75 Å². The van der Waals surface area contributed by atoms with E-state index in [9.17, 15) is 8.42 Å². The van der Waals surface area contributed by atoms with Crippen molar-refractivity contribution in [2.45, 2.75) is 38.8 Å². The zero-order valence-electron chi connectivity index (χ0n) is 11.6. The molecule has 0 aromatic heterocycles. The summed E-state index contributed by atoms with van der Waals surface area (Å²) in [5.74, 6) is 1.05. The normalized spacial score (nSPS) is 21.5. The lowest BCUT2D eigenvalue weighted by Gasteiger charge is -2.40. The zero-order valence-corrected chi connectivity index (χ0v) is 12.5. The molecule has 0 bridgehead atoms. The fraction of sp³-hybridized carbons (Fsp3) is 0.571. The van der Waals surface area contributed by atoms with Crippen molar-refractivity contribution in [1.82, 2.24) is 5.32 Å². The van der Waals surface area contributed by atoms with Gasteiger partial charge in [-0.25, -0.2) is 8.42 Å². The molecule has 1 atom stereocenters. The van der Waals surface area contributed by atoms with E-state index in [-0.39, 0.29) is 17.7 Å². The van der Waals surface area contributed by atoms with E-state index in [0.717, 1.165) is 17.7 Å². The summed E-state index contributed by atoms with van der Waals surface area (Å²) >= 11 is 0. The maximum absolute atomic E-state index is 11.6. The lowest BCUT2D eigenvalue weighted by atomic mass is 9.89. The van der Waals surface area contributed by atoms with Crippen molar-refractivity contribution in [2.24, 2.45) is 0 Å². The van der Waals surface area contributed by atoms with Crippen LogP contribution in [0.1, 0.15) is 26.3 Å². The second kappa shape index (κ2) is 5.13. The smallest absolute Gasteiger partial charge is 0.162 e. The number of benzene rings is 1. The molecule has 5 heteroatoms. The molecule has 0 aliphatic carbocycles. The summed E-state index contributed by atoms with van der Waals surface area (Å²) in [6.45, 7) is 5.63. The second-order valence-electron chi connectivity index (χ2n) is 5.45. The predicted octanol–water partition coefficient (Wildman–Crippen LogP) is 1.75. The first kappa shape index (κ1) is 14.3. The van der Waals surface area contributed by atoms with Gasteiger partial charge in [-0.2, -0.15) is 0 Å². The third-order valence-corrected chi connectivity index (χ3v) is 5.08. The van der Waals surface area contributed by atoms with Crippen molar-refractivity contribution in [1.29, 1.82) is 0 Å². The van der Waals surface area contributed by atoms with Crippen molar-refractivity contribution in [3.8, 4) is 5.75 Å². The molecular formula is C14H21NO3S. The largest absolute Gasteiger partial charge is 0.486 e. The fourth-order valence-corrected chi connectivity index (χ4v) is 2.90. The van der Waals surface area contributed by atoms with Crippen LogP contribution >= 0.6 is 0 Å². The quantitative estimate of drug-likeness (QED) is 0.914. The Bertz CT molecular complexity index is 552. The molecule has 19 heavy (non-hydrogen) atoms. The number of nitrogens with one attached hydrogen (secondary N) is 1. The third kappa shape index (κ3) is 3.28. The highest BCUT2D eigenvalue weighted by Gasteiger charge is 2.36. The Labute approximate surface area is 115 Å². The van der Waals surface area contributed by atoms with Gasteiger partial charge in [0.05, 0.1) is 11.9 Å². The van der Waals surface area contributed by atoms with Crippen LogP contribution in [-0.2, 0) is 16.3 Å². The summed E-state index contributed by atoms with van der Waals surface area (Å²) in [4.78, 5) is 0. The van der Waals surface area contributed by atoms with Crippen LogP contribution < -0.4 is 10.1 Å². The van der Waals surface area contributed by atoms with Gasteiger partial charge in [0.25, 0.3) is 0 Å². The predicted molar refractivity (Wildman–Crippen MR) is 76.1 cm³/mol. The van der Waals surface area contributed by atoms with Gasteiger partial charge in [0, 0.05) is 5.75 Å². The van der Waals surface area contributed by atoms with Gasteiger partial charge in [0.2, 0.25) is 0 Å². The van der Waals surface area contributed by atoms with Gasteiger partial charge in [-0.05, 0) is 31.9 Å². The van der Waals surface area contributed by atoms with Crippen LogP contribution in [0.2, 0.25) is 0 Å². The highest BCUT2D eigenvalue weighted by atomic mass is 32.2. The molecule has 0 fully saturated rings. The Morgan fingerprint density at radius 3 is 2.74 bits per heavy atom. The van der Waals surface area contributed by atoms with Gasteiger partial charge in [-0.1, -0.05) is 25.1 Å². The first-order valence-corrected chi connectivity index (χ1v) is 8.37. The molecule has 1 aromatic carbocycles. The standard InChI is InChI=1S/C14H21NO3S/c1-4-19(16,17)10-15-13-9-11-7-5-6-8-12(11)18-14(13,2)3/h5-8,13,15H,4,9-10H2,1-3H3. The number of rotatable bonds is 4. The summed E-state index contributed by atoms with van der Waals surface area (Å²) in [6.07, 6.45) is 0.780. The summed E-state index contributed by atoms with van der Waals surface area (Å²) in [6, 6.07) is 7.89. The summed E-state index contributed by atoms with van der Waals surface area (Å²) in [5.41, 5.74) is 0.700. The summed E-state index contributed by atoms with van der Waals surface area (Å²) in [5, 5.41) is 3.13. The van der Waals surface area contributed by atoms with E-state index in [0.29, 0.717) is 0 Å². The van der Waals surface area contributed by atoms with Crippen molar-refractivity contribution in [3.63, 3.8) is 0 Å². The minimum atomic E-state index is -3.01. The van der Waals surface area contributed by atoms with Gasteiger partial charge in [0.1, 0.15) is 11.4 Å². The molecule has 1 unspecified atom stereocenters. The molecule has 0 saturated heterocycles. The van der Waals surface area contributed by atoms with Crippen molar-refractivity contribution < 1.29 is 13.2 Å². The first-order chi connectivity index (χ1) is 8.84. The molecule has 2 rings (SSSR count). The van der Waals surface area contributed by atoms with Gasteiger partial charge >= 0.3 is 0 Å². The third-order valence-electron chi connectivity index (χ3n) is 3.60. The Balaban J connectivity index is 2.14. The van der Waals surface area contributed by atoms with Gasteiger partial charge in [-0.3, -0.25) is 5.32 Å². The first-order valence-electron chi connectivity index (χ1n) is 6.55. The molecule has 1 aliphatic rings. The van der Waals surface area contributed by atoms with E-state index < -0.39 is 15.4 Å². The van der Waals surface area contributed by atoms with Crippen LogP contribution in [-0.4, -0.2) is 31.7 Å². The fourth-order valence-electron chi connectivity index (χ4n) is 2.24. The van der Waals surface area contributed by atoms with E-state index in [1.54, 1.807) is 6.92 Å². The van der Waals surface area contributed by atoms with Crippen molar-refractivity contribution in [2.75, 3.05) is 11.6 Å². The number of para-hydroxylation sites is 1. The SMILES string of the molecule is CCS(=O)(=O)CNC1Cc2ccccc2OC1(C)C. The highest BCUT2D eigenvalue weighted by Crippen LogP contribution is 2.32. The molecule has 0 radical (unpaired) electrons. The topological polar surface area (TPSA) is 55.4 Å². The van der Waals surface area contributed by atoms with Crippen LogP contribution in [0.3, 0.4) is 0 Å². The molecule has 1 aromatic rings. The van der Waals surface area contributed by atoms with E-state index in [1.165, 1.54) is 0 Å².